The number of ether oxygens (including phenoxy) is 1. The van der Waals surface area contributed by atoms with Gasteiger partial charge in [0.2, 0.25) is 0 Å². The number of carbonyl (C=O) groups is 2. The highest BCUT2D eigenvalue weighted by Crippen LogP contribution is 1.93. The van der Waals surface area contributed by atoms with E-state index >= 15 is 0 Å². The van der Waals surface area contributed by atoms with Gasteiger partial charge in [0.15, 0.2) is 0 Å². The van der Waals surface area contributed by atoms with Crippen molar-refractivity contribution in [1.82, 2.24) is 0 Å². The van der Waals surface area contributed by atoms with E-state index in [1.807, 2.05) is 13.8 Å². The van der Waals surface area contributed by atoms with Crippen LogP contribution in [0.4, 0.5) is 0 Å². The van der Waals surface area contributed by atoms with Gasteiger partial charge in [-0.2, -0.15) is 0 Å². The predicted molar refractivity (Wildman–Crippen MR) is 52.4 cm³/mol. The van der Waals surface area contributed by atoms with Crippen LogP contribution in [0.15, 0.2) is 0 Å². The molecule has 0 aliphatic heterocycles. The van der Waals surface area contributed by atoms with Crippen LogP contribution < -0.4 is 0 Å². The number of carbonyl (C=O) groups excluding carboxylic acids is 2. The molecule has 0 rings (SSSR count). The highest BCUT2D eigenvalue weighted by Gasteiger charge is 1.98. The monoisotopic (exact) mass is 188 g/mol. The molecule has 0 saturated heterocycles. The summed E-state index contributed by atoms with van der Waals surface area (Å²) in [5.74, 6) is 0.504. The van der Waals surface area contributed by atoms with Crippen LogP contribution in [-0.2, 0) is 14.3 Å². The summed E-state index contributed by atoms with van der Waals surface area (Å²) in [6.45, 7) is 9.43. The molecular weight excluding hydrogens is 168 g/mol. The summed E-state index contributed by atoms with van der Waals surface area (Å²) in [6.07, 6.45) is 0.479. The number of rotatable bonds is 3. The minimum Gasteiger partial charge on any atom is -0.465 e. The summed E-state index contributed by atoms with van der Waals surface area (Å²) < 4.78 is 4.81. The normalized spacial score (nSPS) is 8.77. The molecule has 0 amide bonds. The molecular formula is C10H20O3. The van der Waals surface area contributed by atoms with Gasteiger partial charge in [-0.15, -0.1) is 0 Å². The lowest BCUT2D eigenvalue weighted by molar-refractivity contribution is -0.144. The smallest absolute Gasteiger partial charge is 0.305 e. The molecule has 0 saturated carbocycles. The van der Waals surface area contributed by atoms with E-state index in [0.29, 0.717) is 18.9 Å². The molecule has 78 valence electrons. The molecule has 0 unspecified atom stereocenters. The van der Waals surface area contributed by atoms with Crippen LogP contribution in [0.5, 0.6) is 0 Å². The SMILES string of the molecule is CC(C)=O.CCC(=O)OCC(C)C. The largest absolute Gasteiger partial charge is 0.465 e. The second kappa shape index (κ2) is 9.23. The molecule has 0 aliphatic rings. The molecule has 0 bridgehead atoms. The van der Waals surface area contributed by atoms with Gasteiger partial charge < -0.3 is 9.53 Å². The van der Waals surface area contributed by atoms with E-state index in [1.165, 1.54) is 13.8 Å². The highest BCUT2D eigenvalue weighted by molar-refractivity contribution is 5.72. The Kier molecular flexibility index (Phi) is 10.4. The summed E-state index contributed by atoms with van der Waals surface area (Å²) in [6, 6.07) is 0. The summed E-state index contributed by atoms with van der Waals surface area (Å²) in [7, 11) is 0. The Morgan fingerprint density at radius 2 is 1.62 bits per heavy atom. The molecule has 0 aromatic rings. The second-order valence-corrected chi connectivity index (χ2v) is 3.34. The average Bonchev–Trinajstić information content (AvgIpc) is 1.99. The number of Topliss-reactive ketones (excluding diaryl/α,β-unsaturated/α-hetero) is 1. The third-order valence-electron chi connectivity index (χ3n) is 0.866. The Labute approximate surface area is 80.5 Å². The van der Waals surface area contributed by atoms with Gasteiger partial charge in [-0.25, -0.2) is 0 Å². The maximum Gasteiger partial charge on any atom is 0.305 e. The van der Waals surface area contributed by atoms with Gasteiger partial charge in [-0.05, 0) is 19.8 Å². The second-order valence-electron chi connectivity index (χ2n) is 3.34. The van der Waals surface area contributed by atoms with Crippen LogP contribution in [0.3, 0.4) is 0 Å². The van der Waals surface area contributed by atoms with E-state index in [2.05, 4.69) is 0 Å². The fourth-order valence-electron chi connectivity index (χ4n) is 0.362. The standard InChI is InChI=1S/C7H14O2.C3H6O/c1-4-7(8)9-5-6(2)3;1-3(2)4/h6H,4-5H2,1-3H3;1-2H3. The van der Waals surface area contributed by atoms with Crippen LogP contribution in [-0.4, -0.2) is 18.4 Å². The number of esters is 1. The molecule has 0 N–H and O–H groups in total. The zero-order chi connectivity index (χ0) is 10.9. The quantitative estimate of drug-likeness (QED) is 0.638. The molecule has 0 aromatic carbocycles. The van der Waals surface area contributed by atoms with Crippen LogP contribution >= 0.6 is 0 Å². The first-order valence-corrected chi connectivity index (χ1v) is 4.52. The van der Waals surface area contributed by atoms with E-state index in [9.17, 15) is 9.59 Å². The van der Waals surface area contributed by atoms with Crippen molar-refractivity contribution in [2.24, 2.45) is 5.92 Å². The van der Waals surface area contributed by atoms with Crippen LogP contribution in [0.25, 0.3) is 0 Å². The van der Waals surface area contributed by atoms with E-state index in [0.717, 1.165) is 0 Å². The van der Waals surface area contributed by atoms with Crippen molar-refractivity contribution in [1.29, 1.82) is 0 Å². The average molecular weight is 188 g/mol. The number of ketones is 1. The van der Waals surface area contributed by atoms with E-state index < -0.39 is 0 Å². The van der Waals surface area contributed by atoms with Gasteiger partial charge in [-0.3, -0.25) is 4.79 Å². The summed E-state index contributed by atoms with van der Waals surface area (Å²) in [5, 5.41) is 0. The van der Waals surface area contributed by atoms with Crippen LogP contribution in [0, 0.1) is 5.92 Å². The van der Waals surface area contributed by atoms with Crippen molar-refractivity contribution in [3.8, 4) is 0 Å². The predicted octanol–water partition coefficient (Wildman–Crippen LogP) is 2.19. The number of hydrogen-bond acceptors (Lipinski definition) is 3. The molecule has 0 spiro atoms. The van der Waals surface area contributed by atoms with Crippen molar-refractivity contribution >= 4 is 11.8 Å². The molecule has 3 nitrogen and oxygen atoms in total. The lowest BCUT2D eigenvalue weighted by atomic mass is 10.2. The van der Waals surface area contributed by atoms with E-state index in [-0.39, 0.29) is 11.8 Å². The van der Waals surface area contributed by atoms with E-state index in [1.54, 1.807) is 6.92 Å². The first-order chi connectivity index (χ1) is 5.90. The molecule has 0 atom stereocenters. The molecule has 13 heavy (non-hydrogen) atoms. The molecule has 0 aromatic heterocycles. The summed E-state index contributed by atoms with van der Waals surface area (Å²) in [5.41, 5.74) is 0. The van der Waals surface area contributed by atoms with Crippen molar-refractivity contribution < 1.29 is 14.3 Å². The van der Waals surface area contributed by atoms with Crippen LogP contribution in [0.2, 0.25) is 0 Å². The van der Waals surface area contributed by atoms with Gasteiger partial charge in [0.25, 0.3) is 0 Å². The minimum absolute atomic E-state index is 0.108. The maximum absolute atomic E-state index is 10.5. The maximum atomic E-state index is 10.5. The lowest BCUT2D eigenvalue weighted by Gasteiger charge is -2.04. The highest BCUT2D eigenvalue weighted by atomic mass is 16.5. The van der Waals surface area contributed by atoms with Gasteiger partial charge >= 0.3 is 5.97 Å². The zero-order valence-electron chi connectivity index (χ0n) is 9.22. The summed E-state index contributed by atoms with van der Waals surface area (Å²) in [4.78, 5) is 19.9. The topological polar surface area (TPSA) is 43.4 Å². The fraction of sp³-hybridized carbons (Fsp3) is 0.800. The Morgan fingerprint density at radius 3 is 1.85 bits per heavy atom. The van der Waals surface area contributed by atoms with Gasteiger partial charge in [0, 0.05) is 6.42 Å². The summed E-state index contributed by atoms with van der Waals surface area (Å²) >= 11 is 0. The van der Waals surface area contributed by atoms with Crippen molar-refractivity contribution in [3.05, 3.63) is 0 Å². The molecule has 0 aliphatic carbocycles. The van der Waals surface area contributed by atoms with Crippen molar-refractivity contribution in [2.75, 3.05) is 6.61 Å². The molecule has 0 fully saturated rings. The van der Waals surface area contributed by atoms with E-state index in [4.69, 9.17) is 4.74 Å². The zero-order valence-corrected chi connectivity index (χ0v) is 9.22. The first-order valence-electron chi connectivity index (χ1n) is 4.52. The Bertz CT molecular complexity index is 146. The number of hydrogen-bond donors (Lipinski definition) is 0. The Morgan fingerprint density at radius 1 is 1.23 bits per heavy atom. The van der Waals surface area contributed by atoms with Crippen molar-refractivity contribution in [3.63, 3.8) is 0 Å². The van der Waals surface area contributed by atoms with Crippen LogP contribution in [0.1, 0.15) is 41.0 Å². The molecule has 0 radical (unpaired) electrons. The molecule has 3 heteroatoms. The first kappa shape index (κ1) is 14.7. The van der Waals surface area contributed by atoms with Gasteiger partial charge in [0.1, 0.15) is 5.78 Å². The fourth-order valence-corrected chi connectivity index (χ4v) is 0.362. The third kappa shape index (κ3) is 24.7. The lowest BCUT2D eigenvalue weighted by Crippen LogP contribution is -2.07. The van der Waals surface area contributed by atoms with Gasteiger partial charge in [-0.1, -0.05) is 20.8 Å². The van der Waals surface area contributed by atoms with Gasteiger partial charge in [0.05, 0.1) is 6.61 Å². The molecule has 0 heterocycles. The third-order valence-corrected chi connectivity index (χ3v) is 0.866. The minimum atomic E-state index is -0.108. The Hall–Kier alpha value is -0.860. The van der Waals surface area contributed by atoms with Crippen molar-refractivity contribution in [2.45, 2.75) is 41.0 Å². The Balaban J connectivity index is 0.